The summed E-state index contributed by atoms with van der Waals surface area (Å²) in [5.74, 6) is 1.59. The third-order valence-corrected chi connectivity index (χ3v) is 5.44. The molecule has 1 heterocycles. The lowest BCUT2D eigenvalue weighted by Gasteiger charge is -2.18. The van der Waals surface area contributed by atoms with Crippen molar-refractivity contribution >= 4 is 24.2 Å². The zero-order chi connectivity index (χ0) is 19.4. The molecule has 1 aliphatic carbocycles. The molecule has 2 atom stereocenters. The van der Waals surface area contributed by atoms with E-state index in [2.05, 4.69) is 5.32 Å². The fourth-order valence-electron chi connectivity index (χ4n) is 3.52. The number of benzene rings is 1. The summed E-state index contributed by atoms with van der Waals surface area (Å²) < 4.78 is 10.6. The summed E-state index contributed by atoms with van der Waals surface area (Å²) in [6, 6.07) is 5.78. The van der Waals surface area contributed by atoms with Crippen molar-refractivity contribution in [1.29, 1.82) is 0 Å². The van der Waals surface area contributed by atoms with Gasteiger partial charge in [0.1, 0.15) is 0 Å². The highest BCUT2D eigenvalue weighted by atomic mass is 35.5. The number of methoxy groups -OCH3 is 2. The van der Waals surface area contributed by atoms with Crippen LogP contribution in [0.3, 0.4) is 0 Å². The number of halogens is 1. The predicted octanol–water partition coefficient (Wildman–Crippen LogP) is 1.37. The Labute approximate surface area is 172 Å². The fourth-order valence-corrected chi connectivity index (χ4v) is 3.52. The van der Waals surface area contributed by atoms with Gasteiger partial charge in [0.2, 0.25) is 11.8 Å². The first-order valence-corrected chi connectivity index (χ1v) is 9.53. The SMILES string of the molecule is COc1ccc(CCN2CC(C(=O)NCC(N)C3CC3)CC2=O)cc1OC.Cl. The number of carbonyl (C=O) groups is 2. The number of nitrogens with two attached hydrogens (primary N) is 1. The van der Waals surface area contributed by atoms with Gasteiger partial charge < -0.3 is 25.4 Å². The molecule has 28 heavy (non-hydrogen) atoms. The fraction of sp³-hybridized carbons (Fsp3) is 0.600. The van der Waals surface area contributed by atoms with Crippen LogP contribution in [0.25, 0.3) is 0 Å². The summed E-state index contributed by atoms with van der Waals surface area (Å²) in [4.78, 5) is 26.4. The highest BCUT2D eigenvalue weighted by Crippen LogP contribution is 2.31. The third kappa shape index (κ3) is 5.52. The second kappa shape index (κ2) is 9.98. The number of nitrogens with zero attached hydrogens (tertiary/aromatic N) is 1. The van der Waals surface area contributed by atoms with Crippen molar-refractivity contribution in [3.05, 3.63) is 23.8 Å². The van der Waals surface area contributed by atoms with E-state index in [1.807, 2.05) is 18.2 Å². The average Bonchev–Trinajstić information content (AvgIpc) is 3.47. The highest BCUT2D eigenvalue weighted by Gasteiger charge is 2.35. The van der Waals surface area contributed by atoms with Crippen molar-refractivity contribution in [2.45, 2.75) is 31.7 Å². The van der Waals surface area contributed by atoms with Crippen LogP contribution in [0.2, 0.25) is 0 Å². The van der Waals surface area contributed by atoms with Gasteiger partial charge in [0.25, 0.3) is 0 Å². The number of rotatable bonds is 9. The molecular weight excluding hydrogens is 382 g/mol. The average molecular weight is 412 g/mol. The Balaban J connectivity index is 0.00000280. The molecule has 1 aliphatic heterocycles. The van der Waals surface area contributed by atoms with Crippen molar-refractivity contribution in [1.82, 2.24) is 10.2 Å². The molecule has 0 spiro atoms. The van der Waals surface area contributed by atoms with E-state index in [1.54, 1.807) is 19.1 Å². The van der Waals surface area contributed by atoms with Crippen LogP contribution in [0.1, 0.15) is 24.8 Å². The molecule has 0 radical (unpaired) electrons. The standard InChI is InChI=1S/C20H29N3O4.ClH/c1-26-17-6-3-13(9-18(17)27-2)7-8-23-12-15(10-19(23)24)20(25)22-11-16(21)14-4-5-14;/h3,6,9,14-16H,4-5,7-8,10-12,21H2,1-2H3,(H,22,25);1H. The van der Waals surface area contributed by atoms with E-state index in [9.17, 15) is 9.59 Å². The molecule has 0 aromatic heterocycles. The second-order valence-corrected chi connectivity index (χ2v) is 7.43. The Bertz CT molecular complexity index is 696. The summed E-state index contributed by atoms with van der Waals surface area (Å²) in [5.41, 5.74) is 7.08. The molecule has 1 saturated carbocycles. The van der Waals surface area contributed by atoms with Crippen LogP contribution in [0.4, 0.5) is 0 Å². The van der Waals surface area contributed by atoms with E-state index in [0.29, 0.717) is 43.5 Å². The van der Waals surface area contributed by atoms with Crippen LogP contribution in [0.15, 0.2) is 18.2 Å². The Morgan fingerprint density at radius 2 is 2.00 bits per heavy atom. The Kier molecular flexibility index (Phi) is 7.95. The highest BCUT2D eigenvalue weighted by molar-refractivity contribution is 5.89. The first-order valence-electron chi connectivity index (χ1n) is 9.53. The van der Waals surface area contributed by atoms with Gasteiger partial charge in [-0.25, -0.2) is 0 Å². The van der Waals surface area contributed by atoms with E-state index >= 15 is 0 Å². The van der Waals surface area contributed by atoms with Gasteiger partial charge in [-0.3, -0.25) is 9.59 Å². The monoisotopic (exact) mass is 411 g/mol. The van der Waals surface area contributed by atoms with Crippen LogP contribution < -0.4 is 20.5 Å². The first-order chi connectivity index (χ1) is 13.0. The Hall–Kier alpha value is -1.99. The maximum absolute atomic E-state index is 12.3. The molecule has 1 saturated heterocycles. The van der Waals surface area contributed by atoms with Gasteiger partial charge in [0.05, 0.1) is 20.1 Å². The van der Waals surface area contributed by atoms with Gasteiger partial charge in [-0.1, -0.05) is 6.07 Å². The molecule has 156 valence electrons. The van der Waals surface area contributed by atoms with Gasteiger partial charge in [-0.05, 0) is 42.9 Å². The van der Waals surface area contributed by atoms with Gasteiger partial charge in [0, 0.05) is 32.1 Å². The zero-order valence-corrected chi connectivity index (χ0v) is 17.3. The molecule has 3 rings (SSSR count). The lowest BCUT2D eigenvalue weighted by Crippen LogP contribution is -2.41. The van der Waals surface area contributed by atoms with Gasteiger partial charge in [-0.15, -0.1) is 12.4 Å². The first kappa shape index (κ1) is 22.3. The molecule has 3 N–H and O–H groups in total. The molecule has 2 aliphatic rings. The number of likely N-dealkylation sites (tertiary alicyclic amines) is 1. The van der Waals surface area contributed by atoms with Crippen LogP contribution in [0.5, 0.6) is 11.5 Å². The third-order valence-electron chi connectivity index (χ3n) is 5.44. The van der Waals surface area contributed by atoms with E-state index in [-0.39, 0.29) is 42.6 Å². The zero-order valence-electron chi connectivity index (χ0n) is 16.5. The molecule has 2 fully saturated rings. The van der Waals surface area contributed by atoms with E-state index in [0.717, 1.165) is 18.4 Å². The summed E-state index contributed by atoms with van der Waals surface area (Å²) >= 11 is 0. The number of amides is 2. The largest absolute Gasteiger partial charge is 0.493 e. The summed E-state index contributed by atoms with van der Waals surface area (Å²) in [5, 5.41) is 2.92. The normalized spacial score (nSPS) is 19.8. The molecular formula is C20H30ClN3O4. The minimum Gasteiger partial charge on any atom is -0.493 e. The van der Waals surface area contributed by atoms with Crippen molar-refractivity contribution in [3.63, 3.8) is 0 Å². The lowest BCUT2D eigenvalue weighted by atomic mass is 10.1. The van der Waals surface area contributed by atoms with Crippen LogP contribution in [-0.4, -0.2) is 56.6 Å². The van der Waals surface area contributed by atoms with E-state index in [1.165, 1.54) is 0 Å². The van der Waals surface area contributed by atoms with Crippen molar-refractivity contribution in [2.75, 3.05) is 33.9 Å². The smallest absolute Gasteiger partial charge is 0.225 e. The van der Waals surface area contributed by atoms with Crippen LogP contribution in [-0.2, 0) is 16.0 Å². The molecule has 7 nitrogen and oxygen atoms in total. The Morgan fingerprint density at radius 3 is 2.64 bits per heavy atom. The Morgan fingerprint density at radius 1 is 1.29 bits per heavy atom. The minimum atomic E-state index is -0.283. The summed E-state index contributed by atoms with van der Waals surface area (Å²) in [6.07, 6.45) is 3.29. The number of hydrogen-bond acceptors (Lipinski definition) is 5. The maximum atomic E-state index is 12.3. The molecule has 2 unspecified atom stereocenters. The number of nitrogens with one attached hydrogen (secondary N) is 1. The van der Waals surface area contributed by atoms with E-state index < -0.39 is 0 Å². The quantitative estimate of drug-likeness (QED) is 0.640. The minimum absolute atomic E-state index is 0. The van der Waals surface area contributed by atoms with Crippen molar-refractivity contribution in [3.8, 4) is 11.5 Å². The molecule has 8 heteroatoms. The molecule has 0 bridgehead atoms. The van der Waals surface area contributed by atoms with Crippen molar-refractivity contribution < 1.29 is 19.1 Å². The molecule has 1 aromatic carbocycles. The van der Waals surface area contributed by atoms with Gasteiger partial charge in [-0.2, -0.15) is 0 Å². The van der Waals surface area contributed by atoms with E-state index in [4.69, 9.17) is 15.2 Å². The lowest BCUT2D eigenvalue weighted by molar-refractivity contribution is -0.129. The summed E-state index contributed by atoms with van der Waals surface area (Å²) in [6.45, 7) is 1.55. The molecule has 1 aromatic rings. The molecule has 2 amide bonds. The predicted molar refractivity (Wildman–Crippen MR) is 109 cm³/mol. The number of carbonyl (C=O) groups excluding carboxylic acids is 2. The number of ether oxygens (including phenoxy) is 2. The topological polar surface area (TPSA) is 93.9 Å². The van der Waals surface area contributed by atoms with Crippen LogP contribution in [0, 0.1) is 11.8 Å². The second-order valence-electron chi connectivity index (χ2n) is 7.43. The summed E-state index contributed by atoms with van der Waals surface area (Å²) in [7, 11) is 3.20. The van der Waals surface area contributed by atoms with Gasteiger partial charge in [0.15, 0.2) is 11.5 Å². The van der Waals surface area contributed by atoms with Crippen LogP contribution >= 0.6 is 12.4 Å². The van der Waals surface area contributed by atoms with Gasteiger partial charge >= 0.3 is 0 Å². The van der Waals surface area contributed by atoms with Crippen molar-refractivity contribution in [2.24, 2.45) is 17.6 Å². The number of hydrogen-bond donors (Lipinski definition) is 2. The maximum Gasteiger partial charge on any atom is 0.225 e.